The summed E-state index contributed by atoms with van der Waals surface area (Å²) in [6.45, 7) is 6.21. The van der Waals surface area contributed by atoms with E-state index in [4.69, 9.17) is 4.74 Å². The zero-order chi connectivity index (χ0) is 13.5. The number of aromatic amines is 1. The Balaban J connectivity index is 1.69. The number of fused-ring (bicyclic) bond motifs is 1. The molecule has 4 rings (SSSR count). The summed E-state index contributed by atoms with van der Waals surface area (Å²) >= 11 is 0. The van der Waals surface area contributed by atoms with Crippen LogP contribution in [0.25, 0.3) is 16.6 Å². The van der Waals surface area contributed by atoms with E-state index in [1.807, 2.05) is 12.3 Å². The molecule has 2 aromatic heterocycles. The van der Waals surface area contributed by atoms with Gasteiger partial charge in [-0.25, -0.2) is 4.98 Å². The smallest absolute Gasteiger partial charge is 0.137 e. The van der Waals surface area contributed by atoms with Crippen molar-refractivity contribution in [2.24, 2.45) is 5.92 Å². The Morgan fingerprint density at radius 1 is 1.40 bits per heavy atom. The molecule has 4 heteroatoms. The Morgan fingerprint density at radius 3 is 3.10 bits per heavy atom. The van der Waals surface area contributed by atoms with Crippen molar-refractivity contribution in [3.05, 3.63) is 36.2 Å². The van der Waals surface area contributed by atoms with Crippen LogP contribution in [0.4, 0.5) is 0 Å². The molecule has 0 amide bonds. The Labute approximate surface area is 118 Å². The minimum atomic E-state index is 0.584. The lowest BCUT2D eigenvalue weighted by Gasteiger charge is -2.41. The van der Waals surface area contributed by atoms with Gasteiger partial charge in [0.2, 0.25) is 0 Å². The topological polar surface area (TPSA) is 41.2 Å². The number of ether oxygens (including phenoxy) is 1. The number of pyridine rings is 1. The van der Waals surface area contributed by atoms with Gasteiger partial charge in [0.05, 0.1) is 19.3 Å². The molecule has 0 bridgehead atoms. The predicted octanol–water partition coefficient (Wildman–Crippen LogP) is 2.30. The highest BCUT2D eigenvalue weighted by Gasteiger charge is 2.30. The van der Waals surface area contributed by atoms with Crippen LogP contribution < -0.4 is 0 Å². The second-order valence-electron chi connectivity index (χ2n) is 5.89. The van der Waals surface area contributed by atoms with Gasteiger partial charge in [-0.1, -0.05) is 13.0 Å². The van der Waals surface area contributed by atoms with E-state index in [2.05, 4.69) is 40.1 Å². The van der Waals surface area contributed by atoms with Gasteiger partial charge in [-0.3, -0.25) is 4.90 Å². The monoisotopic (exact) mass is 269 g/mol. The van der Waals surface area contributed by atoms with Crippen LogP contribution in [0, 0.1) is 5.92 Å². The quantitative estimate of drug-likeness (QED) is 0.909. The van der Waals surface area contributed by atoms with E-state index in [0.29, 0.717) is 12.0 Å². The number of nitrogens with zero attached hydrogens (tertiary/aromatic N) is 2. The fourth-order valence-electron chi connectivity index (χ4n) is 3.21. The first-order valence-corrected chi connectivity index (χ1v) is 7.26. The summed E-state index contributed by atoms with van der Waals surface area (Å²) in [5, 5.41) is 1.22. The maximum atomic E-state index is 5.34. The molecule has 0 aliphatic carbocycles. The SMILES string of the molecule is C[C@H]1C=C(c2c[nH]c3ncccc23)CN(C2COC2)C1. The number of nitrogens with one attached hydrogen (secondary N) is 1. The van der Waals surface area contributed by atoms with Crippen LogP contribution in [0.5, 0.6) is 0 Å². The first-order chi connectivity index (χ1) is 9.81. The van der Waals surface area contributed by atoms with Crippen molar-refractivity contribution >= 4 is 16.6 Å². The summed E-state index contributed by atoms with van der Waals surface area (Å²) in [6, 6.07) is 4.75. The molecule has 1 saturated heterocycles. The van der Waals surface area contributed by atoms with Gasteiger partial charge >= 0.3 is 0 Å². The minimum absolute atomic E-state index is 0.584. The van der Waals surface area contributed by atoms with Crippen LogP contribution in [0.2, 0.25) is 0 Å². The average molecular weight is 269 g/mol. The maximum absolute atomic E-state index is 5.34. The van der Waals surface area contributed by atoms with Gasteiger partial charge in [0.15, 0.2) is 0 Å². The molecular formula is C16H19N3O. The first kappa shape index (κ1) is 12.1. The molecule has 0 radical (unpaired) electrons. The summed E-state index contributed by atoms with van der Waals surface area (Å²) in [5.74, 6) is 0.584. The third-order valence-corrected chi connectivity index (χ3v) is 4.32. The molecule has 4 heterocycles. The highest BCUT2D eigenvalue weighted by Crippen LogP contribution is 2.30. The van der Waals surface area contributed by atoms with Gasteiger partial charge in [-0.2, -0.15) is 0 Å². The van der Waals surface area contributed by atoms with E-state index < -0.39 is 0 Å². The minimum Gasteiger partial charge on any atom is -0.378 e. The van der Waals surface area contributed by atoms with Crippen molar-refractivity contribution in [1.29, 1.82) is 0 Å². The maximum Gasteiger partial charge on any atom is 0.137 e. The summed E-state index contributed by atoms with van der Waals surface area (Å²) in [7, 11) is 0. The lowest BCUT2D eigenvalue weighted by molar-refractivity contribution is -0.0637. The first-order valence-electron chi connectivity index (χ1n) is 7.26. The molecule has 2 aromatic rings. The molecule has 0 unspecified atom stereocenters. The van der Waals surface area contributed by atoms with E-state index >= 15 is 0 Å². The number of hydrogen-bond acceptors (Lipinski definition) is 3. The van der Waals surface area contributed by atoms with Crippen LogP contribution in [0.3, 0.4) is 0 Å². The third-order valence-electron chi connectivity index (χ3n) is 4.32. The van der Waals surface area contributed by atoms with Crippen molar-refractivity contribution in [2.45, 2.75) is 13.0 Å². The van der Waals surface area contributed by atoms with Gasteiger partial charge in [-0.05, 0) is 23.6 Å². The second-order valence-corrected chi connectivity index (χ2v) is 5.89. The molecule has 1 atom stereocenters. The molecule has 0 spiro atoms. The standard InChI is InChI=1S/C16H19N3O/c1-11-5-12(8-19(7-11)13-9-20-10-13)15-6-18-16-14(15)3-2-4-17-16/h2-6,11,13H,7-10H2,1H3,(H,17,18)/t11-/m0/s1. The molecule has 0 aromatic carbocycles. The van der Waals surface area contributed by atoms with Crippen LogP contribution in [0.15, 0.2) is 30.6 Å². The van der Waals surface area contributed by atoms with Crippen LogP contribution in [-0.2, 0) is 4.74 Å². The molecule has 2 aliphatic heterocycles. The summed E-state index contributed by atoms with van der Waals surface area (Å²) in [4.78, 5) is 10.2. The summed E-state index contributed by atoms with van der Waals surface area (Å²) < 4.78 is 5.34. The van der Waals surface area contributed by atoms with E-state index in [-0.39, 0.29) is 0 Å². The summed E-state index contributed by atoms with van der Waals surface area (Å²) in [5.41, 5.74) is 3.68. The Morgan fingerprint density at radius 2 is 2.30 bits per heavy atom. The second kappa shape index (κ2) is 4.72. The number of H-pyrrole nitrogens is 1. The summed E-state index contributed by atoms with van der Waals surface area (Å²) in [6.07, 6.45) is 6.33. The molecule has 20 heavy (non-hydrogen) atoms. The van der Waals surface area contributed by atoms with Crippen molar-refractivity contribution in [3.63, 3.8) is 0 Å². The van der Waals surface area contributed by atoms with Crippen molar-refractivity contribution in [1.82, 2.24) is 14.9 Å². The normalized spacial score (nSPS) is 24.6. The molecule has 2 aliphatic rings. The van der Waals surface area contributed by atoms with Crippen LogP contribution in [0.1, 0.15) is 12.5 Å². The van der Waals surface area contributed by atoms with Crippen molar-refractivity contribution in [2.75, 3.05) is 26.3 Å². The highest BCUT2D eigenvalue weighted by atomic mass is 16.5. The van der Waals surface area contributed by atoms with E-state index in [9.17, 15) is 0 Å². The van der Waals surface area contributed by atoms with Crippen LogP contribution in [-0.4, -0.2) is 47.2 Å². The predicted molar refractivity (Wildman–Crippen MR) is 79.4 cm³/mol. The van der Waals surface area contributed by atoms with Crippen LogP contribution >= 0.6 is 0 Å². The van der Waals surface area contributed by atoms with E-state index in [1.165, 1.54) is 16.5 Å². The van der Waals surface area contributed by atoms with Gasteiger partial charge < -0.3 is 9.72 Å². The third kappa shape index (κ3) is 1.96. The van der Waals surface area contributed by atoms with Crippen molar-refractivity contribution in [3.8, 4) is 0 Å². The number of rotatable bonds is 2. The fourth-order valence-corrected chi connectivity index (χ4v) is 3.21. The Bertz CT molecular complexity index is 657. The number of hydrogen-bond donors (Lipinski definition) is 1. The zero-order valence-corrected chi connectivity index (χ0v) is 11.7. The Hall–Kier alpha value is -1.65. The molecule has 0 saturated carbocycles. The largest absolute Gasteiger partial charge is 0.378 e. The van der Waals surface area contributed by atoms with Gasteiger partial charge in [0.1, 0.15) is 5.65 Å². The zero-order valence-electron chi connectivity index (χ0n) is 11.7. The molecule has 1 N–H and O–H groups in total. The highest BCUT2D eigenvalue weighted by molar-refractivity contribution is 5.91. The van der Waals surface area contributed by atoms with Gasteiger partial charge in [0, 0.05) is 36.4 Å². The molecule has 104 valence electrons. The molecular weight excluding hydrogens is 250 g/mol. The number of aromatic nitrogens is 2. The van der Waals surface area contributed by atoms with Gasteiger partial charge in [0.25, 0.3) is 0 Å². The average Bonchev–Trinajstić information content (AvgIpc) is 2.79. The lowest BCUT2D eigenvalue weighted by Crippen LogP contribution is -2.51. The van der Waals surface area contributed by atoms with E-state index in [1.54, 1.807) is 0 Å². The Kier molecular flexibility index (Phi) is 2.86. The molecule has 1 fully saturated rings. The van der Waals surface area contributed by atoms with Gasteiger partial charge in [-0.15, -0.1) is 0 Å². The lowest BCUT2D eigenvalue weighted by atomic mass is 9.94. The molecule has 4 nitrogen and oxygen atoms in total. The van der Waals surface area contributed by atoms with Crippen molar-refractivity contribution < 1.29 is 4.74 Å². The van der Waals surface area contributed by atoms with E-state index in [0.717, 1.165) is 32.0 Å². The fraction of sp³-hybridized carbons (Fsp3) is 0.438.